The lowest BCUT2D eigenvalue weighted by atomic mass is 10.0. The van der Waals surface area contributed by atoms with Crippen molar-refractivity contribution in [3.63, 3.8) is 0 Å². The van der Waals surface area contributed by atoms with E-state index in [9.17, 15) is 19.5 Å². The Hall–Kier alpha value is -3.39. The fourth-order valence-electron chi connectivity index (χ4n) is 3.21. The van der Waals surface area contributed by atoms with Gasteiger partial charge in [0, 0.05) is 6.54 Å². The molecule has 1 aliphatic heterocycles. The minimum Gasteiger partial charge on any atom is -0.507 e. The van der Waals surface area contributed by atoms with Crippen LogP contribution in [0.2, 0.25) is 0 Å². The van der Waals surface area contributed by atoms with Gasteiger partial charge in [0.05, 0.1) is 43.1 Å². The van der Waals surface area contributed by atoms with Crippen LogP contribution in [0.3, 0.4) is 0 Å². The van der Waals surface area contributed by atoms with Crippen molar-refractivity contribution in [2.24, 2.45) is 0 Å². The summed E-state index contributed by atoms with van der Waals surface area (Å²) in [5, 5.41) is 9.78. The minimum atomic E-state index is -0.441. The maximum absolute atomic E-state index is 13.2. The molecule has 29 heavy (non-hydrogen) atoms. The summed E-state index contributed by atoms with van der Waals surface area (Å²) in [4.78, 5) is 37.5. The zero-order valence-corrected chi connectivity index (χ0v) is 15.9. The van der Waals surface area contributed by atoms with Crippen molar-refractivity contribution in [2.75, 3.05) is 33.5 Å². The number of carbonyl (C=O) groups excluding carboxylic acids is 3. The smallest absolute Gasteiger partial charge is 0.255 e. The number of methoxy groups -OCH3 is 1. The molecule has 0 bridgehead atoms. The summed E-state index contributed by atoms with van der Waals surface area (Å²) in [6.45, 7) is 0.967. The van der Waals surface area contributed by atoms with E-state index >= 15 is 0 Å². The summed E-state index contributed by atoms with van der Waals surface area (Å²) in [6, 6.07) is 8.90. The zero-order valence-electron chi connectivity index (χ0n) is 15.9. The quantitative estimate of drug-likeness (QED) is 0.710. The number of hydrogen-bond acceptors (Lipinski definition) is 7. The first-order valence-electron chi connectivity index (χ1n) is 9.01. The van der Waals surface area contributed by atoms with E-state index in [2.05, 4.69) is 0 Å². The number of phenolic OH excluding ortho intramolecular Hbond substituents is 1. The van der Waals surface area contributed by atoms with Crippen molar-refractivity contribution in [1.29, 1.82) is 0 Å². The molecule has 0 unspecified atom stereocenters. The van der Waals surface area contributed by atoms with Crippen molar-refractivity contribution in [3.05, 3.63) is 53.1 Å². The molecule has 8 heteroatoms. The molecule has 1 N–H and O–H groups in total. The second kappa shape index (κ2) is 9.20. The van der Waals surface area contributed by atoms with Crippen LogP contribution < -0.4 is 9.47 Å². The van der Waals surface area contributed by atoms with E-state index in [0.717, 1.165) is 0 Å². The van der Waals surface area contributed by atoms with E-state index in [1.807, 2.05) is 0 Å². The third kappa shape index (κ3) is 4.22. The van der Waals surface area contributed by atoms with Gasteiger partial charge < -0.3 is 24.2 Å². The summed E-state index contributed by atoms with van der Waals surface area (Å²) in [6.07, 6.45) is 1.11. The first-order valence-corrected chi connectivity index (χ1v) is 9.01. The van der Waals surface area contributed by atoms with Crippen LogP contribution in [0, 0.1) is 0 Å². The molecule has 2 aromatic rings. The van der Waals surface area contributed by atoms with Crippen molar-refractivity contribution in [3.8, 4) is 17.2 Å². The van der Waals surface area contributed by atoms with Gasteiger partial charge in [-0.1, -0.05) is 12.1 Å². The summed E-state index contributed by atoms with van der Waals surface area (Å²) in [5.74, 6) is 0.0157. The Bertz CT molecular complexity index is 912. The summed E-state index contributed by atoms with van der Waals surface area (Å²) in [7, 11) is 1.43. The number of benzene rings is 2. The van der Waals surface area contributed by atoms with Gasteiger partial charge in [-0.25, -0.2) is 0 Å². The second-order valence-electron chi connectivity index (χ2n) is 6.38. The number of aldehydes is 2. The molecule has 0 spiro atoms. The number of amides is 1. The molecule has 0 aromatic heterocycles. The van der Waals surface area contributed by atoms with Crippen LogP contribution in [-0.4, -0.2) is 68.0 Å². The summed E-state index contributed by atoms with van der Waals surface area (Å²) in [5.41, 5.74) is 0.456. The molecular formula is C21H21NO7. The fourth-order valence-corrected chi connectivity index (χ4v) is 3.21. The highest BCUT2D eigenvalue weighted by Gasteiger charge is 2.30. The van der Waals surface area contributed by atoms with Crippen LogP contribution in [0.25, 0.3) is 0 Å². The molecule has 1 aliphatic rings. The fraction of sp³-hybridized carbons (Fsp3) is 0.286. The van der Waals surface area contributed by atoms with Gasteiger partial charge in [0.15, 0.2) is 12.6 Å². The number of morpholine rings is 1. The third-order valence-corrected chi connectivity index (χ3v) is 4.71. The normalized spacial score (nSPS) is 16.2. The number of phenols is 1. The molecule has 1 amide bonds. The van der Waals surface area contributed by atoms with Crippen molar-refractivity contribution < 1.29 is 33.7 Å². The molecule has 0 radical (unpaired) electrons. The van der Waals surface area contributed by atoms with Gasteiger partial charge in [0.2, 0.25) is 0 Å². The molecule has 2 aromatic carbocycles. The Balaban J connectivity index is 1.82. The van der Waals surface area contributed by atoms with E-state index in [-0.39, 0.29) is 47.3 Å². The summed E-state index contributed by atoms with van der Waals surface area (Å²) >= 11 is 0. The Morgan fingerprint density at radius 1 is 1.17 bits per heavy atom. The number of aromatic hydroxyl groups is 1. The molecule has 1 fully saturated rings. The molecule has 8 nitrogen and oxygen atoms in total. The number of carbonyl (C=O) groups is 3. The third-order valence-electron chi connectivity index (χ3n) is 4.71. The number of ether oxygens (including phenoxy) is 3. The molecule has 1 saturated heterocycles. The lowest BCUT2D eigenvalue weighted by Gasteiger charge is -2.35. The van der Waals surface area contributed by atoms with Crippen molar-refractivity contribution in [2.45, 2.75) is 6.04 Å². The standard InChI is InChI=1S/C21H21NO7/c1-27-19-6-2-4-15(16(19)10-23)21(26)22-8-9-28-12-14(22)13-29-20-7-3-5-18(25)17(20)11-24/h2-7,10-11,14,25H,8-9,12-13H2,1H3/t14-/m0/s1. The van der Waals surface area contributed by atoms with Crippen LogP contribution in [-0.2, 0) is 4.74 Å². The Kier molecular flexibility index (Phi) is 6.46. The van der Waals surface area contributed by atoms with Crippen molar-refractivity contribution >= 4 is 18.5 Å². The van der Waals surface area contributed by atoms with E-state index < -0.39 is 6.04 Å². The highest BCUT2D eigenvalue weighted by molar-refractivity contribution is 6.03. The zero-order chi connectivity index (χ0) is 20.8. The molecule has 1 atom stereocenters. The molecule has 0 saturated carbocycles. The van der Waals surface area contributed by atoms with Crippen LogP contribution in [0.5, 0.6) is 17.2 Å². The van der Waals surface area contributed by atoms with Crippen LogP contribution in [0.4, 0.5) is 0 Å². The largest absolute Gasteiger partial charge is 0.507 e. The Labute approximate surface area is 167 Å². The highest BCUT2D eigenvalue weighted by atomic mass is 16.5. The number of nitrogens with zero attached hydrogens (tertiary/aromatic N) is 1. The topological polar surface area (TPSA) is 102 Å². The predicted octanol–water partition coefficient (Wildman–Crippen LogP) is 1.95. The van der Waals surface area contributed by atoms with Gasteiger partial charge in [-0.2, -0.15) is 0 Å². The van der Waals surface area contributed by atoms with Gasteiger partial charge in [0.25, 0.3) is 5.91 Å². The van der Waals surface area contributed by atoms with Crippen LogP contribution in [0.15, 0.2) is 36.4 Å². The van der Waals surface area contributed by atoms with Gasteiger partial charge in [-0.3, -0.25) is 14.4 Å². The van der Waals surface area contributed by atoms with Gasteiger partial charge in [-0.05, 0) is 24.3 Å². The van der Waals surface area contributed by atoms with Crippen molar-refractivity contribution in [1.82, 2.24) is 4.90 Å². The maximum Gasteiger partial charge on any atom is 0.255 e. The Morgan fingerprint density at radius 2 is 1.90 bits per heavy atom. The highest BCUT2D eigenvalue weighted by Crippen LogP contribution is 2.27. The first kappa shape index (κ1) is 20.3. The monoisotopic (exact) mass is 399 g/mol. The van der Waals surface area contributed by atoms with Gasteiger partial charge in [-0.15, -0.1) is 0 Å². The van der Waals surface area contributed by atoms with Gasteiger partial charge >= 0.3 is 0 Å². The molecule has 1 heterocycles. The molecule has 0 aliphatic carbocycles. The molecule has 3 rings (SSSR count). The summed E-state index contributed by atoms with van der Waals surface area (Å²) < 4.78 is 16.4. The van der Waals surface area contributed by atoms with Gasteiger partial charge in [0.1, 0.15) is 23.9 Å². The predicted molar refractivity (Wildman–Crippen MR) is 103 cm³/mol. The average molecular weight is 399 g/mol. The lowest BCUT2D eigenvalue weighted by Crippen LogP contribution is -2.51. The average Bonchev–Trinajstić information content (AvgIpc) is 2.76. The minimum absolute atomic E-state index is 0.0399. The molecular weight excluding hydrogens is 378 g/mol. The van der Waals surface area contributed by atoms with E-state index in [1.165, 1.54) is 13.2 Å². The maximum atomic E-state index is 13.2. The first-order chi connectivity index (χ1) is 14.1. The van der Waals surface area contributed by atoms with E-state index in [4.69, 9.17) is 14.2 Å². The van der Waals surface area contributed by atoms with E-state index in [0.29, 0.717) is 31.5 Å². The number of hydrogen-bond donors (Lipinski definition) is 1. The number of rotatable bonds is 7. The Morgan fingerprint density at radius 3 is 2.62 bits per heavy atom. The lowest BCUT2D eigenvalue weighted by molar-refractivity contribution is -0.0151. The van der Waals surface area contributed by atoms with Crippen LogP contribution in [0.1, 0.15) is 31.1 Å². The van der Waals surface area contributed by atoms with Crippen LogP contribution >= 0.6 is 0 Å². The molecule has 152 valence electrons. The second-order valence-corrected chi connectivity index (χ2v) is 6.38. The van der Waals surface area contributed by atoms with E-state index in [1.54, 1.807) is 35.2 Å². The SMILES string of the molecule is COc1cccc(C(=O)N2CCOC[C@H]2COc2cccc(O)c2C=O)c1C=O.